The van der Waals surface area contributed by atoms with Crippen molar-refractivity contribution >= 4 is 0 Å². The molecule has 0 heterocycles. The summed E-state index contributed by atoms with van der Waals surface area (Å²) in [6, 6.07) is 0. The number of hydrogen-bond donors (Lipinski definition) is 6. The van der Waals surface area contributed by atoms with Gasteiger partial charge in [0, 0.05) is 0 Å². The van der Waals surface area contributed by atoms with Crippen molar-refractivity contribution in [2.24, 2.45) is 0 Å². The first kappa shape index (κ1) is 11.8. The lowest BCUT2D eigenvalue weighted by Gasteiger charge is -2.33. The maximum atomic E-state index is 8.63. The molecule has 0 aliphatic carbocycles. The molecule has 0 aromatic carbocycles. The molecular weight excluding hydrogens is 162 g/mol. The Labute approximate surface area is 71.6 Å². The highest BCUT2D eigenvalue weighted by molar-refractivity contribution is 4.77. The van der Waals surface area contributed by atoms with Crippen LogP contribution in [0.1, 0.15) is 13.3 Å². The first-order valence-electron chi connectivity index (χ1n) is 3.82. The van der Waals surface area contributed by atoms with Crippen LogP contribution in [0.25, 0.3) is 0 Å². The zero-order valence-electron chi connectivity index (χ0n) is 7.17. The summed E-state index contributed by atoms with van der Waals surface area (Å²) in [7, 11) is 0. The lowest BCUT2D eigenvalue weighted by Crippen LogP contribution is -2.66. The van der Waals surface area contributed by atoms with Crippen LogP contribution in [0.3, 0.4) is 0 Å². The van der Waals surface area contributed by atoms with Crippen molar-refractivity contribution in [3.05, 3.63) is 0 Å². The third kappa shape index (κ3) is 3.44. The molecule has 6 heteroatoms. The van der Waals surface area contributed by atoms with E-state index in [0.29, 0.717) is 6.42 Å². The Morgan fingerprint density at radius 1 is 0.917 bits per heavy atom. The first-order chi connectivity index (χ1) is 5.74. The Morgan fingerprint density at radius 3 is 1.42 bits per heavy atom. The minimum absolute atomic E-state index is 0.242. The van der Waals surface area contributed by atoms with Crippen LogP contribution < -0.4 is 16.0 Å². The summed E-state index contributed by atoms with van der Waals surface area (Å²) in [6.45, 7) is 1.11. The second-order valence-corrected chi connectivity index (χ2v) is 2.26. The van der Waals surface area contributed by atoms with Gasteiger partial charge < -0.3 is 15.3 Å². The molecule has 0 radical (unpaired) electrons. The Morgan fingerprint density at radius 2 is 1.25 bits per heavy atom. The highest BCUT2D eigenvalue weighted by atomic mass is 16.3. The van der Waals surface area contributed by atoms with E-state index in [4.69, 9.17) is 15.3 Å². The predicted octanol–water partition coefficient (Wildman–Crippen LogP) is -2.33. The molecule has 0 unspecified atom stereocenters. The number of aliphatic hydroxyl groups is 3. The molecule has 6 N–H and O–H groups in total. The van der Waals surface area contributed by atoms with Gasteiger partial charge in [0.25, 0.3) is 0 Å². The van der Waals surface area contributed by atoms with Crippen molar-refractivity contribution in [1.29, 1.82) is 0 Å². The molecular formula is C6H17N3O3. The van der Waals surface area contributed by atoms with E-state index in [1.165, 1.54) is 0 Å². The van der Waals surface area contributed by atoms with Crippen molar-refractivity contribution < 1.29 is 15.3 Å². The largest absolute Gasteiger partial charge is 0.381 e. The Balaban J connectivity index is 4.06. The maximum Gasteiger partial charge on any atom is 0.128 e. The smallest absolute Gasteiger partial charge is 0.128 e. The minimum Gasteiger partial charge on any atom is -0.381 e. The number of hydrogen-bond acceptors (Lipinski definition) is 6. The van der Waals surface area contributed by atoms with Crippen molar-refractivity contribution in [2.45, 2.75) is 19.1 Å². The number of rotatable bonds is 7. The lowest BCUT2D eigenvalue weighted by atomic mass is 10.2. The monoisotopic (exact) mass is 179 g/mol. The molecule has 0 bridgehead atoms. The summed E-state index contributed by atoms with van der Waals surface area (Å²) < 4.78 is 0. The SMILES string of the molecule is CCC(NCO)(NCO)NCO. The lowest BCUT2D eigenvalue weighted by molar-refractivity contribution is 0.0659. The topological polar surface area (TPSA) is 96.8 Å². The van der Waals surface area contributed by atoms with Crippen LogP contribution in [-0.4, -0.2) is 41.3 Å². The summed E-state index contributed by atoms with van der Waals surface area (Å²) in [4.78, 5) is 0. The Bertz CT molecular complexity index is 95.2. The van der Waals surface area contributed by atoms with Crippen LogP contribution >= 0.6 is 0 Å². The molecule has 0 aliphatic rings. The first-order valence-corrected chi connectivity index (χ1v) is 3.82. The van der Waals surface area contributed by atoms with Crippen LogP contribution in [0, 0.1) is 0 Å². The molecule has 0 saturated carbocycles. The van der Waals surface area contributed by atoms with Crippen LogP contribution in [0.2, 0.25) is 0 Å². The third-order valence-corrected chi connectivity index (χ3v) is 1.67. The molecule has 0 atom stereocenters. The molecule has 0 rings (SSSR count). The van der Waals surface area contributed by atoms with Gasteiger partial charge in [-0.05, 0) is 6.42 Å². The van der Waals surface area contributed by atoms with E-state index in [2.05, 4.69) is 16.0 Å². The zero-order valence-corrected chi connectivity index (χ0v) is 7.17. The van der Waals surface area contributed by atoms with Crippen molar-refractivity contribution in [1.82, 2.24) is 16.0 Å². The third-order valence-electron chi connectivity index (χ3n) is 1.67. The zero-order chi connectivity index (χ0) is 9.45. The van der Waals surface area contributed by atoms with E-state index in [-0.39, 0.29) is 20.2 Å². The standard InChI is InChI=1S/C6H17N3O3/c1-2-6(7-3-10,8-4-11)9-5-12/h7-12H,2-5H2,1H3. The van der Waals surface area contributed by atoms with Crippen LogP contribution in [0.5, 0.6) is 0 Å². The summed E-state index contributed by atoms with van der Waals surface area (Å²) in [5.74, 6) is -0.807. The van der Waals surface area contributed by atoms with Crippen molar-refractivity contribution in [2.75, 3.05) is 20.2 Å². The van der Waals surface area contributed by atoms with E-state index in [9.17, 15) is 0 Å². The molecule has 0 amide bonds. The number of aliphatic hydroxyl groups excluding tert-OH is 3. The van der Waals surface area contributed by atoms with Gasteiger partial charge in [-0.1, -0.05) is 6.92 Å². The molecule has 0 fully saturated rings. The van der Waals surface area contributed by atoms with Gasteiger partial charge in [0.05, 0.1) is 20.2 Å². The molecule has 6 nitrogen and oxygen atoms in total. The summed E-state index contributed by atoms with van der Waals surface area (Å²) >= 11 is 0. The fourth-order valence-electron chi connectivity index (χ4n) is 0.967. The second-order valence-electron chi connectivity index (χ2n) is 2.26. The van der Waals surface area contributed by atoms with Crippen LogP contribution in [0.4, 0.5) is 0 Å². The summed E-state index contributed by atoms with van der Waals surface area (Å²) in [5, 5.41) is 33.9. The highest BCUT2D eigenvalue weighted by Crippen LogP contribution is 1.99. The van der Waals surface area contributed by atoms with E-state index >= 15 is 0 Å². The molecule has 0 saturated heterocycles. The molecule has 12 heavy (non-hydrogen) atoms. The van der Waals surface area contributed by atoms with Gasteiger partial charge in [0.2, 0.25) is 0 Å². The Hall–Kier alpha value is -0.240. The molecule has 0 aromatic heterocycles. The average molecular weight is 179 g/mol. The van der Waals surface area contributed by atoms with Gasteiger partial charge >= 0.3 is 0 Å². The van der Waals surface area contributed by atoms with Gasteiger partial charge in [-0.2, -0.15) is 0 Å². The van der Waals surface area contributed by atoms with Gasteiger partial charge in [-0.25, -0.2) is 0 Å². The fourth-order valence-corrected chi connectivity index (χ4v) is 0.967. The van der Waals surface area contributed by atoms with Gasteiger partial charge in [-0.15, -0.1) is 0 Å². The minimum atomic E-state index is -0.807. The van der Waals surface area contributed by atoms with Crippen LogP contribution in [-0.2, 0) is 0 Å². The predicted molar refractivity (Wildman–Crippen MR) is 43.7 cm³/mol. The summed E-state index contributed by atoms with van der Waals surface area (Å²) in [6.07, 6.45) is 0.564. The maximum absolute atomic E-state index is 8.63. The Kier molecular flexibility index (Phi) is 6.17. The van der Waals surface area contributed by atoms with E-state index in [0.717, 1.165) is 0 Å². The highest BCUT2D eigenvalue weighted by Gasteiger charge is 2.24. The van der Waals surface area contributed by atoms with Crippen molar-refractivity contribution in [3.63, 3.8) is 0 Å². The second kappa shape index (κ2) is 6.30. The molecule has 0 aromatic rings. The van der Waals surface area contributed by atoms with Gasteiger partial charge in [-0.3, -0.25) is 16.0 Å². The van der Waals surface area contributed by atoms with E-state index < -0.39 is 5.79 Å². The summed E-state index contributed by atoms with van der Waals surface area (Å²) in [5.41, 5.74) is 0. The molecule has 0 spiro atoms. The number of nitrogens with one attached hydrogen (secondary N) is 3. The molecule has 0 aliphatic heterocycles. The fraction of sp³-hybridized carbons (Fsp3) is 1.00. The van der Waals surface area contributed by atoms with E-state index in [1.807, 2.05) is 6.92 Å². The quantitative estimate of drug-likeness (QED) is 0.245. The van der Waals surface area contributed by atoms with E-state index in [1.54, 1.807) is 0 Å². The van der Waals surface area contributed by atoms with Crippen molar-refractivity contribution in [3.8, 4) is 0 Å². The van der Waals surface area contributed by atoms with Crippen LogP contribution in [0.15, 0.2) is 0 Å². The molecule has 74 valence electrons. The van der Waals surface area contributed by atoms with Gasteiger partial charge in [0.1, 0.15) is 5.79 Å². The van der Waals surface area contributed by atoms with Gasteiger partial charge in [0.15, 0.2) is 0 Å². The normalized spacial score (nSPS) is 12.0. The average Bonchev–Trinajstić information content (AvgIpc) is 2.06.